The van der Waals surface area contributed by atoms with E-state index in [1.165, 1.54) is 18.2 Å². The number of benzene rings is 2. The molecule has 0 bridgehead atoms. The van der Waals surface area contributed by atoms with Crippen LogP contribution in [0.1, 0.15) is 18.1 Å². The average Bonchev–Trinajstić information content (AvgIpc) is 3.27. The van der Waals surface area contributed by atoms with E-state index in [9.17, 15) is 13.6 Å². The molecule has 1 N–H and O–H groups in total. The van der Waals surface area contributed by atoms with Crippen LogP contribution in [0.5, 0.6) is 11.5 Å². The molecule has 0 aliphatic heterocycles. The van der Waals surface area contributed by atoms with Crippen LogP contribution >= 0.6 is 0 Å². The van der Waals surface area contributed by atoms with E-state index in [4.69, 9.17) is 4.74 Å². The summed E-state index contributed by atoms with van der Waals surface area (Å²) in [7, 11) is 0. The molecule has 30 heavy (non-hydrogen) atoms. The fourth-order valence-electron chi connectivity index (χ4n) is 2.80. The number of hydrogen-bond acceptors (Lipinski definition) is 4. The Hall–Kier alpha value is -3.68. The van der Waals surface area contributed by atoms with Crippen LogP contribution in [0.2, 0.25) is 0 Å². The Morgan fingerprint density at radius 2 is 2.03 bits per heavy atom. The molecule has 3 rings (SSSR count). The number of nitrogens with one attached hydrogen (secondary N) is 1. The zero-order chi connectivity index (χ0) is 21.3. The molecule has 0 saturated heterocycles. The van der Waals surface area contributed by atoms with Crippen molar-refractivity contribution in [3.05, 3.63) is 78.1 Å². The summed E-state index contributed by atoms with van der Waals surface area (Å²) in [4.78, 5) is 12.2. The molecular weight excluding hydrogens is 392 g/mol. The van der Waals surface area contributed by atoms with Gasteiger partial charge in [0.1, 0.15) is 0 Å². The van der Waals surface area contributed by atoms with Gasteiger partial charge in [-0.3, -0.25) is 4.79 Å². The molecule has 6 nitrogen and oxygen atoms in total. The van der Waals surface area contributed by atoms with Crippen LogP contribution < -0.4 is 14.8 Å². The van der Waals surface area contributed by atoms with Gasteiger partial charge in [0.15, 0.2) is 11.5 Å². The summed E-state index contributed by atoms with van der Waals surface area (Å²) in [5.41, 5.74) is 2.41. The Kier molecular flexibility index (Phi) is 7.15. The molecular formula is C22H21F2N3O3. The van der Waals surface area contributed by atoms with Crippen LogP contribution in [0, 0.1) is 0 Å². The number of carbonyl (C=O) groups excluding carboxylic acids is 1. The highest BCUT2D eigenvalue weighted by Crippen LogP contribution is 2.30. The first-order valence-electron chi connectivity index (χ1n) is 9.32. The molecule has 0 radical (unpaired) electrons. The highest BCUT2D eigenvalue weighted by Gasteiger charge is 2.11. The second-order valence-electron chi connectivity index (χ2n) is 6.15. The molecule has 0 aliphatic carbocycles. The molecule has 8 heteroatoms. The van der Waals surface area contributed by atoms with Gasteiger partial charge in [-0.25, -0.2) is 4.68 Å². The van der Waals surface area contributed by atoms with E-state index in [0.717, 1.165) is 11.3 Å². The average molecular weight is 413 g/mol. The summed E-state index contributed by atoms with van der Waals surface area (Å²) in [5, 5.41) is 7.05. The van der Waals surface area contributed by atoms with Crippen LogP contribution in [0.3, 0.4) is 0 Å². The second-order valence-corrected chi connectivity index (χ2v) is 6.15. The van der Waals surface area contributed by atoms with E-state index in [-0.39, 0.29) is 17.4 Å². The van der Waals surface area contributed by atoms with Gasteiger partial charge in [-0.1, -0.05) is 24.3 Å². The van der Waals surface area contributed by atoms with E-state index in [2.05, 4.69) is 15.2 Å². The van der Waals surface area contributed by atoms with Gasteiger partial charge >= 0.3 is 6.61 Å². The molecule has 3 aromatic rings. The quantitative estimate of drug-likeness (QED) is 0.534. The molecule has 1 aromatic heterocycles. The van der Waals surface area contributed by atoms with E-state index < -0.39 is 6.61 Å². The molecule has 1 heterocycles. The summed E-state index contributed by atoms with van der Waals surface area (Å²) in [6.45, 7) is -0.586. The first kappa shape index (κ1) is 21.0. The first-order valence-corrected chi connectivity index (χ1v) is 9.32. The highest BCUT2D eigenvalue weighted by atomic mass is 19.3. The standard InChI is InChI=1S/C22H21F2N3O3/c1-2-29-20-14-16(8-10-19(20)30-22(23)24)9-11-21(28)25-15-17-6-3-4-7-18(17)27-13-5-12-26-27/h3-14,22H,2,15H2,1H3,(H,25,28)/b11-9+. The maximum absolute atomic E-state index is 12.5. The number of halogens is 2. The Labute approximate surface area is 172 Å². The van der Waals surface area contributed by atoms with Crippen molar-refractivity contribution < 1.29 is 23.0 Å². The summed E-state index contributed by atoms with van der Waals surface area (Å²) >= 11 is 0. The predicted octanol–water partition coefficient (Wildman–Crippen LogP) is 4.20. The predicted molar refractivity (Wildman–Crippen MR) is 109 cm³/mol. The fourth-order valence-corrected chi connectivity index (χ4v) is 2.80. The van der Waals surface area contributed by atoms with Crippen molar-refractivity contribution in [3.63, 3.8) is 0 Å². The van der Waals surface area contributed by atoms with Gasteiger partial charge in [0.2, 0.25) is 5.91 Å². The number of aromatic nitrogens is 2. The van der Waals surface area contributed by atoms with Crippen LogP contribution in [0.25, 0.3) is 11.8 Å². The Bertz CT molecular complexity index is 1000. The van der Waals surface area contributed by atoms with Gasteiger partial charge in [0.05, 0.1) is 12.3 Å². The summed E-state index contributed by atoms with van der Waals surface area (Å²) < 4.78 is 36.5. The van der Waals surface area contributed by atoms with Gasteiger partial charge < -0.3 is 14.8 Å². The van der Waals surface area contributed by atoms with Crippen molar-refractivity contribution in [3.8, 4) is 17.2 Å². The summed E-state index contributed by atoms with van der Waals surface area (Å²) in [5.74, 6) is -0.159. The zero-order valence-electron chi connectivity index (χ0n) is 16.3. The van der Waals surface area contributed by atoms with E-state index in [1.54, 1.807) is 29.9 Å². The zero-order valence-corrected chi connectivity index (χ0v) is 16.3. The van der Waals surface area contributed by atoms with Crippen molar-refractivity contribution in [1.82, 2.24) is 15.1 Å². The maximum atomic E-state index is 12.5. The van der Waals surface area contributed by atoms with Gasteiger partial charge in [0.25, 0.3) is 0 Å². The molecule has 156 valence electrons. The lowest BCUT2D eigenvalue weighted by atomic mass is 10.1. The number of rotatable bonds is 9. The Morgan fingerprint density at radius 3 is 2.77 bits per heavy atom. The number of nitrogens with zero attached hydrogens (tertiary/aromatic N) is 2. The minimum atomic E-state index is -2.94. The Morgan fingerprint density at radius 1 is 1.20 bits per heavy atom. The number of carbonyl (C=O) groups is 1. The van der Waals surface area contributed by atoms with Crippen molar-refractivity contribution in [2.45, 2.75) is 20.1 Å². The van der Waals surface area contributed by atoms with Crippen molar-refractivity contribution in [2.24, 2.45) is 0 Å². The number of ether oxygens (including phenoxy) is 2. The lowest BCUT2D eigenvalue weighted by Crippen LogP contribution is -2.21. The lowest BCUT2D eigenvalue weighted by molar-refractivity contribution is -0.116. The van der Waals surface area contributed by atoms with Crippen molar-refractivity contribution >= 4 is 12.0 Å². The smallest absolute Gasteiger partial charge is 0.387 e. The van der Waals surface area contributed by atoms with Gasteiger partial charge in [-0.2, -0.15) is 13.9 Å². The van der Waals surface area contributed by atoms with E-state index >= 15 is 0 Å². The molecule has 0 fully saturated rings. The van der Waals surface area contributed by atoms with Gasteiger partial charge in [-0.05, 0) is 48.4 Å². The van der Waals surface area contributed by atoms with Crippen LogP contribution in [0.4, 0.5) is 8.78 Å². The molecule has 1 amide bonds. The normalized spacial score (nSPS) is 11.1. The second kappa shape index (κ2) is 10.2. The minimum Gasteiger partial charge on any atom is -0.490 e. The Balaban J connectivity index is 1.65. The SMILES string of the molecule is CCOc1cc(/C=C/C(=O)NCc2ccccc2-n2cccn2)ccc1OC(F)F. The number of alkyl halides is 2. The molecule has 0 aliphatic rings. The third kappa shape index (κ3) is 5.66. The van der Waals surface area contributed by atoms with Gasteiger partial charge in [0, 0.05) is 25.0 Å². The number of hydrogen-bond donors (Lipinski definition) is 1. The molecule has 0 atom stereocenters. The number of para-hydroxylation sites is 1. The van der Waals surface area contributed by atoms with E-state index in [1.807, 2.05) is 36.5 Å². The van der Waals surface area contributed by atoms with E-state index in [0.29, 0.717) is 18.7 Å². The minimum absolute atomic E-state index is 0.0521. The largest absolute Gasteiger partial charge is 0.490 e. The lowest BCUT2D eigenvalue weighted by Gasteiger charge is -2.11. The topological polar surface area (TPSA) is 65.4 Å². The first-order chi connectivity index (χ1) is 14.6. The molecule has 2 aromatic carbocycles. The van der Waals surface area contributed by atoms with Crippen molar-refractivity contribution in [2.75, 3.05) is 6.61 Å². The third-order valence-electron chi connectivity index (χ3n) is 4.11. The monoisotopic (exact) mass is 413 g/mol. The highest BCUT2D eigenvalue weighted by molar-refractivity contribution is 5.91. The molecule has 0 spiro atoms. The summed E-state index contributed by atoms with van der Waals surface area (Å²) in [6, 6.07) is 13.9. The summed E-state index contributed by atoms with van der Waals surface area (Å²) in [6.07, 6.45) is 6.46. The van der Waals surface area contributed by atoms with Gasteiger partial charge in [-0.15, -0.1) is 0 Å². The van der Waals surface area contributed by atoms with Crippen LogP contribution in [-0.4, -0.2) is 28.9 Å². The fraction of sp³-hybridized carbons (Fsp3) is 0.182. The third-order valence-corrected chi connectivity index (χ3v) is 4.11. The number of amides is 1. The maximum Gasteiger partial charge on any atom is 0.387 e. The van der Waals surface area contributed by atoms with Crippen LogP contribution in [0.15, 0.2) is 67.0 Å². The van der Waals surface area contributed by atoms with Crippen LogP contribution in [-0.2, 0) is 11.3 Å². The van der Waals surface area contributed by atoms with Crippen molar-refractivity contribution in [1.29, 1.82) is 0 Å². The molecule has 0 unspecified atom stereocenters. The molecule has 0 saturated carbocycles.